The number of carboxylic acid groups (broad SMARTS) is 1. The van der Waals surface area contributed by atoms with Crippen LogP contribution in [0.2, 0.25) is 0 Å². The van der Waals surface area contributed by atoms with Crippen LogP contribution in [0.4, 0.5) is 0 Å². The lowest BCUT2D eigenvalue weighted by Crippen LogP contribution is -2.23. The summed E-state index contributed by atoms with van der Waals surface area (Å²) in [5.41, 5.74) is 0.311. The Labute approximate surface area is 103 Å². The SMILES string of the molecule is COc1cncc(Br)c1C(C)(C)CC(=O)O. The van der Waals surface area contributed by atoms with E-state index in [0.29, 0.717) is 5.75 Å². The molecule has 0 aliphatic rings. The summed E-state index contributed by atoms with van der Waals surface area (Å²) >= 11 is 3.38. The predicted molar refractivity (Wildman–Crippen MR) is 63.8 cm³/mol. The van der Waals surface area contributed by atoms with Crippen LogP contribution in [-0.2, 0) is 10.2 Å². The monoisotopic (exact) mass is 287 g/mol. The second kappa shape index (κ2) is 4.82. The van der Waals surface area contributed by atoms with Crippen LogP contribution >= 0.6 is 15.9 Å². The quantitative estimate of drug-likeness (QED) is 0.925. The molecule has 1 N–H and O–H groups in total. The highest BCUT2D eigenvalue weighted by molar-refractivity contribution is 9.10. The summed E-state index contributed by atoms with van der Waals surface area (Å²) in [4.78, 5) is 14.8. The van der Waals surface area contributed by atoms with Gasteiger partial charge in [-0.05, 0) is 15.9 Å². The van der Waals surface area contributed by atoms with E-state index in [9.17, 15) is 4.79 Å². The largest absolute Gasteiger partial charge is 0.495 e. The molecule has 16 heavy (non-hydrogen) atoms. The van der Waals surface area contributed by atoms with Crippen LogP contribution in [0.5, 0.6) is 5.75 Å². The molecule has 0 bridgehead atoms. The second-order valence-electron chi connectivity index (χ2n) is 4.15. The maximum atomic E-state index is 10.8. The summed E-state index contributed by atoms with van der Waals surface area (Å²) in [7, 11) is 1.55. The van der Waals surface area contributed by atoms with Gasteiger partial charge in [-0.3, -0.25) is 9.78 Å². The lowest BCUT2D eigenvalue weighted by Gasteiger charge is -2.26. The molecule has 1 aromatic heterocycles. The first-order chi connectivity index (χ1) is 7.38. The third kappa shape index (κ3) is 2.72. The number of aromatic nitrogens is 1. The first-order valence-corrected chi connectivity index (χ1v) is 5.57. The highest BCUT2D eigenvalue weighted by Crippen LogP contribution is 2.38. The van der Waals surface area contributed by atoms with Crippen LogP contribution in [0, 0.1) is 0 Å². The number of ether oxygens (including phenoxy) is 1. The molecule has 0 radical (unpaired) electrons. The Bertz CT molecular complexity index is 404. The number of rotatable bonds is 4. The Morgan fingerprint density at radius 3 is 2.69 bits per heavy atom. The number of aliphatic carboxylic acids is 1. The van der Waals surface area contributed by atoms with E-state index in [2.05, 4.69) is 20.9 Å². The van der Waals surface area contributed by atoms with Crippen molar-refractivity contribution in [3.05, 3.63) is 22.4 Å². The number of methoxy groups -OCH3 is 1. The average Bonchev–Trinajstić information content (AvgIpc) is 2.14. The smallest absolute Gasteiger partial charge is 0.304 e. The van der Waals surface area contributed by atoms with Crippen molar-refractivity contribution < 1.29 is 14.6 Å². The molecule has 0 unspecified atom stereocenters. The zero-order valence-corrected chi connectivity index (χ0v) is 11.0. The number of nitrogens with zero attached hydrogens (tertiary/aromatic N) is 1. The summed E-state index contributed by atoms with van der Waals surface area (Å²) in [6, 6.07) is 0. The van der Waals surface area contributed by atoms with Gasteiger partial charge in [-0.1, -0.05) is 13.8 Å². The minimum absolute atomic E-state index is 0.0337. The molecule has 0 saturated carbocycles. The maximum absolute atomic E-state index is 10.8. The standard InChI is InChI=1S/C11H14BrNO3/c1-11(2,4-9(14)15)10-7(12)5-13-6-8(10)16-3/h5-6H,4H2,1-3H3,(H,14,15). The van der Waals surface area contributed by atoms with E-state index in [1.807, 2.05) is 13.8 Å². The van der Waals surface area contributed by atoms with Gasteiger partial charge in [0.05, 0.1) is 19.7 Å². The van der Waals surface area contributed by atoms with Crippen LogP contribution in [0.1, 0.15) is 25.8 Å². The molecule has 0 saturated heterocycles. The third-order valence-electron chi connectivity index (χ3n) is 2.35. The van der Waals surface area contributed by atoms with Gasteiger partial charge in [0.2, 0.25) is 0 Å². The van der Waals surface area contributed by atoms with Gasteiger partial charge in [0.15, 0.2) is 0 Å². The topological polar surface area (TPSA) is 59.4 Å². The molecule has 0 fully saturated rings. The lowest BCUT2D eigenvalue weighted by molar-refractivity contribution is -0.138. The first kappa shape index (κ1) is 13.0. The minimum Gasteiger partial charge on any atom is -0.495 e. The molecule has 5 heteroatoms. The molecule has 88 valence electrons. The van der Waals surface area contributed by atoms with Crippen molar-refractivity contribution in [2.75, 3.05) is 7.11 Å². The van der Waals surface area contributed by atoms with Gasteiger partial charge in [0.25, 0.3) is 0 Å². The molecule has 0 amide bonds. The molecule has 0 spiro atoms. The number of carbonyl (C=O) groups is 1. The van der Waals surface area contributed by atoms with E-state index in [0.717, 1.165) is 10.0 Å². The summed E-state index contributed by atoms with van der Waals surface area (Å²) in [5.74, 6) is -0.239. The zero-order valence-electron chi connectivity index (χ0n) is 9.45. The van der Waals surface area contributed by atoms with Crippen LogP contribution in [-0.4, -0.2) is 23.2 Å². The zero-order chi connectivity index (χ0) is 12.3. The minimum atomic E-state index is -0.837. The maximum Gasteiger partial charge on any atom is 0.304 e. The van der Waals surface area contributed by atoms with E-state index in [4.69, 9.17) is 9.84 Å². The van der Waals surface area contributed by atoms with Crippen LogP contribution in [0.3, 0.4) is 0 Å². The Morgan fingerprint density at radius 2 is 2.19 bits per heavy atom. The third-order valence-corrected chi connectivity index (χ3v) is 2.96. The second-order valence-corrected chi connectivity index (χ2v) is 5.01. The Kier molecular flexibility index (Phi) is 3.91. The van der Waals surface area contributed by atoms with Crippen molar-refractivity contribution in [1.29, 1.82) is 0 Å². The summed E-state index contributed by atoms with van der Waals surface area (Å²) in [6.07, 6.45) is 3.26. The van der Waals surface area contributed by atoms with Crippen molar-refractivity contribution in [1.82, 2.24) is 4.98 Å². The van der Waals surface area contributed by atoms with E-state index >= 15 is 0 Å². The normalized spacial score (nSPS) is 11.2. The number of pyridine rings is 1. The van der Waals surface area contributed by atoms with Crippen LogP contribution < -0.4 is 4.74 Å². The van der Waals surface area contributed by atoms with E-state index in [1.165, 1.54) is 0 Å². The summed E-state index contributed by atoms with van der Waals surface area (Å²) in [5, 5.41) is 8.89. The van der Waals surface area contributed by atoms with Gasteiger partial charge in [0.1, 0.15) is 5.75 Å². The Morgan fingerprint density at radius 1 is 1.56 bits per heavy atom. The number of carboxylic acids is 1. The van der Waals surface area contributed by atoms with Crippen LogP contribution in [0.15, 0.2) is 16.9 Å². The molecular weight excluding hydrogens is 274 g/mol. The van der Waals surface area contributed by atoms with Crippen molar-refractivity contribution in [2.24, 2.45) is 0 Å². The number of hydrogen-bond acceptors (Lipinski definition) is 3. The highest BCUT2D eigenvalue weighted by Gasteiger charge is 2.29. The molecule has 0 aliphatic carbocycles. The molecule has 4 nitrogen and oxygen atoms in total. The molecule has 0 aliphatic heterocycles. The Hall–Kier alpha value is -1.10. The van der Waals surface area contributed by atoms with Crippen LogP contribution in [0.25, 0.3) is 0 Å². The van der Waals surface area contributed by atoms with Crippen molar-refractivity contribution in [3.8, 4) is 5.75 Å². The molecule has 1 heterocycles. The van der Waals surface area contributed by atoms with Gasteiger partial charge in [-0.25, -0.2) is 0 Å². The van der Waals surface area contributed by atoms with Crippen molar-refractivity contribution in [3.63, 3.8) is 0 Å². The summed E-state index contributed by atoms with van der Waals surface area (Å²) in [6.45, 7) is 3.73. The molecule has 0 aromatic carbocycles. The molecule has 0 atom stereocenters. The van der Waals surface area contributed by atoms with E-state index in [-0.39, 0.29) is 6.42 Å². The summed E-state index contributed by atoms with van der Waals surface area (Å²) < 4.78 is 5.97. The molecular formula is C11H14BrNO3. The average molecular weight is 288 g/mol. The first-order valence-electron chi connectivity index (χ1n) is 4.78. The Balaban J connectivity index is 3.24. The lowest BCUT2D eigenvalue weighted by atomic mass is 9.81. The molecule has 1 rings (SSSR count). The number of halogens is 1. The van der Waals surface area contributed by atoms with Gasteiger partial charge >= 0.3 is 5.97 Å². The van der Waals surface area contributed by atoms with Gasteiger partial charge in [-0.15, -0.1) is 0 Å². The van der Waals surface area contributed by atoms with Gasteiger partial charge < -0.3 is 9.84 Å². The van der Waals surface area contributed by atoms with Gasteiger partial charge in [0, 0.05) is 21.6 Å². The molecule has 1 aromatic rings. The fraction of sp³-hybridized carbons (Fsp3) is 0.455. The van der Waals surface area contributed by atoms with Gasteiger partial charge in [-0.2, -0.15) is 0 Å². The van der Waals surface area contributed by atoms with Crippen molar-refractivity contribution >= 4 is 21.9 Å². The predicted octanol–water partition coefficient (Wildman–Crippen LogP) is 2.61. The van der Waals surface area contributed by atoms with E-state index < -0.39 is 11.4 Å². The highest BCUT2D eigenvalue weighted by atomic mass is 79.9. The van der Waals surface area contributed by atoms with Crippen molar-refractivity contribution in [2.45, 2.75) is 25.7 Å². The van der Waals surface area contributed by atoms with E-state index in [1.54, 1.807) is 19.5 Å². The fourth-order valence-electron chi connectivity index (χ4n) is 1.70. The fourth-order valence-corrected chi connectivity index (χ4v) is 2.55. The number of hydrogen-bond donors (Lipinski definition) is 1.